The van der Waals surface area contributed by atoms with Crippen LogP contribution in [0.5, 0.6) is 0 Å². The first kappa shape index (κ1) is 14.2. The van der Waals surface area contributed by atoms with Crippen LogP contribution in [0, 0.1) is 5.92 Å². The van der Waals surface area contributed by atoms with Crippen molar-refractivity contribution >= 4 is 5.97 Å². The average molecular weight is 240 g/mol. The Labute approximate surface area is 104 Å². The van der Waals surface area contributed by atoms with Crippen molar-refractivity contribution in [1.82, 2.24) is 4.90 Å². The standard InChI is InChI=1S/C13H24N2O2/c1-3-17-13(16)7-5-9-15-8-4-6-11(2)12(15)10-14/h5,7,11-12H,3-4,6,8-10,14H2,1-2H3/b7-5+. The Bertz CT molecular complexity index is 266. The summed E-state index contributed by atoms with van der Waals surface area (Å²) in [5, 5.41) is 0. The lowest BCUT2D eigenvalue weighted by Crippen LogP contribution is -2.48. The predicted molar refractivity (Wildman–Crippen MR) is 68.6 cm³/mol. The Morgan fingerprint density at radius 2 is 2.35 bits per heavy atom. The lowest BCUT2D eigenvalue weighted by molar-refractivity contribution is -0.137. The molecule has 17 heavy (non-hydrogen) atoms. The van der Waals surface area contributed by atoms with Gasteiger partial charge in [-0.2, -0.15) is 0 Å². The molecule has 0 aromatic rings. The number of carbonyl (C=O) groups is 1. The van der Waals surface area contributed by atoms with Gasteiger partial charge in [0, 0.05) is 25.2 Å². The number of ether oxygens (including phenoxy) is 1. The third-order valence-corrected chi connectivity index (χ3v) is 3.35. The first-order chi connectivity index (χ1) is 8.19. The molecule has 0 spiro atoms. The van der Waals surface area contributed by atoms with Crippen LogP contribution < -0.4 is 5.73 Å². The number of piperidine rings is 1. The molecule has 1 aliphatic heterocycles. The fourth-order valence-electron chi connectivity index (χ4n) is 2.42. The van der Waals surface area contributed by atoms with E-state index in [4.69, 9.17) is 10.5 Å². The van der Waals surface area contributed by atoms with Gasteiger partial charge >= 0.3 is 5.97 Å². The molecule has 4 nitrogen and oxygen atoms in total. The summed E-state index contributed by atoms with van der Waals surface area (Å²) >= 11 is 0. The van der Waals surface area contributed by atoms with E-state index in [1.54, 1.807) is 0 Å². The summed E-state index contributed by atoms with van der Waals surface area (Å²) in [5.74, 6) is 0.381. The highest BCUT2D eigenvalue weighted by Gasteiger charge is 2.26. The minimum Gasteiger partial charge on any atom is -0.463 e. The number of rotatable bonds is 5. The summed E-state index contributed by atoms with van der Waals surface area (Å²) in [6, 6.07) is 0.440. The molecule has 1 saturated heterocycles. The highest BCUT2D eigenvalue weighted by Crippen LogP contribution is 2.22. The maximum absolute atomic E-state index is 11.1. The van der Waals surface area contributed by atoms with E-state index in [0.29, 0.717) is 25.1 Å². The van der Waals surface area contributed by atoms with Crippen LogP contribution in [0.25, 0.3) is 0 Å². The van der Waals surface area contributed by atoms with E-state index in [-0.39, 0.29) is 5.97 Å². The van der Waals surface area contributed by atoms with Crippen molar-refractivity contribution < 1.29 is 9.53 Å². The maximum atomic E-state index is 11.1. The van der Waals surface area contributed by atoms with E-state index >= 15 is 0 Å². The molecule has 2 atom stereocenters. The predicted octanol–water partition coefficient (Wildman–Crippen LogP) is 1.16. The number of nitrogens with two attached hydrogens (primary N) is 1. The smallest absolute Gasteiger partial charge is 0.330 e. The van der Waals surface area contributed by atoms with Gasteiger partial charge in [0.05, 0.1) is 6.61 Å². The fraction of sp³-hybridized carbons (Fsp3) is 0.769. The topological polar surface area (TPSA) is 55.6 Å². The van der Waals surface area contributed by atoms with E-state index in [9.17, 15) is 4.79 Å². The molecule has 0 bridgehead atoms. The molecular weight excluding hydrogens is 216 g/mol. The Kier molecular flexibility index (Phi) is 6.22. The number of esters is 1. The molecule has 0 radical (unpaired) electrons. The van der Waals surface area contributed by atoms with Crippen LogP contribution in [-0.2, 0) is 9.53 Å². The molecule has 1 fully saturated rings. The summed E-state index contributed by atoms with van der Waals surface area (Å²) in [6.45, 7) is 7.02. The third-order valence-electron chi connectivity index (χ3n) is 3.35. The first-order valence-corrected chi connectivity index (χ1v) is 6.46. The van der Waals surface area contributed by atoms with Crippen LogP contribution in [0.15, 0.2) is 12.2 Å². The Morgan fingerprint density at radius 3 is 3.00 bits per heavy atom. The molecule has 1 heterocycles. The second-order valence-electron chi connectivity index (χ2n) is 4.57. The van der Waals surface area contributed by atoms with Crippen molar-refractivity contribution in [2.75, 3.05) is 26.2 Å². The first-order valence-electron chi connectivity index (χ1n) is 6.46. The van der Waals surface area contributed by atoms with Gasteiger partial charge in [-0.3, -0.25) is 4.90 Å². The average Bonchev–Trinajstić information content (AvgIpc) is 2.29. The fourth-order valence-corrected chi connectivity index (χ4v) is 2.42. The quantitative estimate of drug-likeness (QED) is 0.579. The van der Waals surface area contributed by atoms with Crippen molar-refractivity contribution in [1.29, 1.82) is 0 Å². The lowest BCUT2D eigenvalue weighted by atomic mass is 9.91. The largest absolute Gasteiger partial charge is 0.463 e. The summed E-state index contributed by atoms with van der Waals surface area (Å²) in [4.78, 5) is 13.5. The summed E-state index contributed by atoms with van der Waals surface area (Å²) in [5.41, 5.74) is 5.81. The van der Waals surface area contributed by atoms with Gasteiger partial charge in [-0.05, 0) is 32.2 Å². The molecule has 0 amide bonds. The van der Waals surface area contributed by atoms with Gasteiger partial charge in [0.2, 0.25) is 0 Å². The van der Waals surface area contributed by atoms with E-state index in [1.165, 1.54) is 18.9 Å². The second kappa shape index (κ2) is 7.45. The zero-order valence-electron chi connectivity index (χ0n) is 10.9. The molecule has 2 unspecified atom stereocenters. The van der Waals surface area contributed by atoms with Gasteiger partial charge < -0.3 is 10.5 Å². The molecule has 2 N–H and O–H groups in total. The van der Waals surface area contributed by atoms with Gasteiger partial charge in [0.25, 0.3) is 0 Å². The normalized spacial score (nSPS) is 26.3. The summed E-state index contributed by atoms with van der Waals surface area (Å²) < 4.78 is 4.84. The van der Waals surface area contributed by atoms with Crippen LogP contribution >= 0.6 is 0 Å². The summed E-state index contributed by atoms with van der Waals surface area (Å²) in [6.07, 6.45) is 5.85. The number of carbonyl (C=O) groups excluding carboxylic acids is 1. The van der Waals surface area contributed by atoms with E-state index in [2.05, 4.69) is 11.8 Å². The van der Waals surface area contributed by atoms with Gasteiger partial charge in [-0.15, -0.1) is 0 Å². The van der Waals surface area contributed by atoms with Crippen molar-refractivity contribution in [3.8, 4) is 0 Å². The highest BCUT2D eigenvalue weighted by molar-refractivity contribution is 5.81. The highest BCUT2D eigenvalue weighted by atomic mass is 16.5. The minimum absolute atomic E-state index is 0.262. The minimum atomic E-state index is -0.262. The zero-order valence-corrected chi connectivity index (χ0v) is 10.9. The van der Waals surface area contributed by atoms with Gasteiger partial charge in [-0.25, -0.2) is 4.79 Å². The van der Waals surface area contributed by atoms with Gasteiger partial charge in [0.15, 0.2) is 0 Å². The number of nitrogens with zero attached hydrogens (tertiary/aromatic N) is 1. The summed E-state index contributed by atoms with van der Waals surface area (Å²) in [7, 11) is 0. The van der Waals surface area contributed by atoms with Gasteiger partial charge in [0.1, 0.15) is 0 Å². The Morgan fingerprint density at radius 1 is 1.59 bits per heavy atom. The number of hydrogen-bond donors (Lipinski definition) is 1. The van der Waals surface area contributed by atoms with Crippen molar-refractivity contribution in [2.45, 2.75) is 32.7 Å². The molecule has 1 aliphatic rings. The molecule has 0 aromatic heterocycles. The van der Waals surface area contributed by atoms with Crippen LogP contribution in [0.4, 0.5) is 0 Å². The number of likely N-dealkylation sites (tertiary alicyclic amines) is 1. The van der Waals surface area contributed by atoms with Crippen LogP contribution in [-0.4, -0.2) is 43.2 Å². The molecule has 0 saturated carbocycles. The van der Waals surface area contributed by atoms with Crippen molar-refractivity contribution in [2.24, 2.45) is 11.7 Å². The molecule has 1 rings (SSSR count). The van der Waals surface area contributed by atoms with Crippen LogP contribution in [0.1, 0.15) is 26.7 Å². The van der Waals surface area contributed by atoms with E-state index in [0.717, 1.165) is 13.1 Å². The monoisotopic (exact) mass is 240 g/mol. The van der Waals surface area contributed by atoms with Crippen LogP contribution in [0.3, 0.4) is 0 Å². The number of hydrogen-bond acceptors (Lipinski definition) is 4. The van der Waals surface area contributed by atoms with Gasteiger partial charge in [-0.1, -0.05) is 13.0 Å². The molecule has 0 aliphatic carbocycles. The lowest BCUT2D eigenvalue weighted by Gasteiger charge is -2.38. The van der Waals surface area contributed by atoms with E-state index in [1.807, 2.05) is 13.0 Å². The Hall–Kier alpha value is -0.870. The second-order valence-corrected chi connectivity index (χ2v) is 4.57. The molecule has 0 aromatic carbocycles. The maximum Gasteiger partial charge on any atom is 0.330 e. The SMILES string of the molecule is CCOC(=O)/C=C/CN1CCCC(C)C1CN. The van der Waals surface area contributed by atoms with Crippen molar-refractivity contribution in [3.63, 3.8) is 0 Å². The molecule has 98 valence electrons. The van der Waals surface area contributed by atoms with Crippen LogP contribution in [0.2, 0.25) is 0 Å². The zero-order chi connectivity index (χ0) is 12.7. The van der Waals surface area contributed by atoms with Crippen molar-refractivity contribution in [3.05, 3.63) is 12.2 Å². The van der Waals surface area contributed by atoms with E-state index < -0.39 is 0 Å². The third kappa shape index (κ3) is 4.48. The molecule has 4 heteroatoms. The molecular formula is C13H24N2O2. The Balaban J connectivity index is 2.41.